The maximum atomic E-state index is 14.0. The number of carbonyl (C=O) groups is 2. The van der Waals surface area contributed by atoms with Crippen LogP contribution in [0.4, 0.5) is 5.69 Å². The summed E-state index contributed by atoms with van der Waals surface area (Å²) < 4.78 is 5.84. The number of carbonyl (C=O) groups excluding carboxylic acids is 2. The highest BCUT2D eigenvalue weighted by atomic mass is 35.5. The Kier molecular flexibility index (Phi) is 6.29. The molecule has 4 rings (SSSR count). The number of esters is 1. The summed E-state index contributed by atoms with van der Waals surface area (Å²) >= 11 is 12.7. The summed E-state index contributed by atoms with van der Waals surface area (Å²) in [5.74, 6) is -1.07. The van der Waals surface area contributed by atoms with Gasteiger partial charge in [0, 0.05) is 27.7 Å². The van der Waals surface area contributed by atoms with E-state index < -0.39 is 23.0 Å². The largest absolute Gasteiger partial charge is 0.459 e. The predicted molar refractivity (Wildman–Crippen MR) is 137 cm³/mol. The van der Waals surface area contributed by atoms with Gasteiger partial charge in [0.05, 0.1) is 0 Å². The molecule has 2 aromatic rings. The van der Waals surface area contributed by atoms with Gasteiger partial charge in [-0.1, -0.05) is 62.2 Å². The lowest BCUT2D eigenvalue weighted by molar-refractivity contribution is -0.157. The second-order valence-corrected chi connectivity index (χ2v) is 12.4. The first-order valence-corrected chi connectivity index (χ1v) is 12.3. The summed E-state index contributed by atoms with van der Waals surface area (Å²) in [4.78, 5) is 27.6. The fraction of sp³-hybridized carbons (Fsp3) is 0.481. The molecule has 5 nitrogen and oxygen atoms in total. The molecule has 0 aliphatic carbocycles. The molecule has 2 heterocycles. The van der Waals surface area contributed by atoms with E-state index in [4.69, 9.17) is 27.9 Å². The number of amides is 1. The molecule has 2 aliphatic rings. The zero-order valence-corrected chi connectivity index (χ0v) is 22.0. The number of fused-ring (bicyclic) bond motifs is 2. The Morgan fingerprint density at radius 2 is 1.71 bits per heavy atom. The monoisotopic (exact) mass is 502 g/mol. The molecule has 1 fully saturated rings. The third kappa shape index (κ3) is 4.46. The second-order valence-electron chi connectivity index (χ2n) is 11.5. The quantitative estimate of drug-likeness (QED) is 0.498. The van der Waals surface area contributed by atoms with Crippen LogP contribution in [0.2, 0.25) is 10.0 Å². The Hall–Kier alpha value is -2.08. The van der Waals surface area contributed by atoms with E-state index in [9.17, 15) is 9.59 Å². The molecule has 0 bridgehead atoms. The summed E-state index contributed by atoms with van der Waals surface area (Å²) in [5.41, 5.74) is 0.498. The molecule has 1 amide bonds. The summed E-state index contributed by atoms with van der Waals surface area (Å²) in [6, 6.07) is 11.8. The highest BCUT2D eigenvalue weighted by Gasteiger charge is 2.66. The smallest absolute Gasteiger partial charge is 0.324 e. The third-order valence-corrected chi connectivity index (χ3v) is 6.96. The summed E-state index contributed by atoms with van der Waals surface area (Å²) in [6.45, 7) is 11.9. The van der Waals surface area contributed by atoms with Crippen molar-refractivity contribution < 1.29 is 14.3 Å². The standard InChI is InChI=1S/C27H32Cl2N2O3/c1-25(2,3)14-20-27(18-11-10-17(29)13-19(18)30-24(27)33)21(15-8-7-9-16(28)12-15)22(31-20)23(32)34-26(4,5)6/h7-13,20-22,31H,14H2,1-6H3,(H,30,33)/t20-,21-,22+,27?/m0/s1. The number of hydrogen-bond acceptors (Lipinski definition) is 4. The van der Waals surface area contributed by atoms with Crippen LogP contribution in [-0.4, -0.2) is 29.6 Å². The molecule has 7 heteroatoms. The van der Waals surface area contributed by atoms with Crippen molar-refractivity contribution in [2.45, 2.75) is 77.0 Å². The molecular weight excluding hydrogens is 471 g/mol. The van der Waals surface area contributed by atoms with Gasteiger partial charge in [0.2, 0.25) is 5.91 Å². The van der Waals surface area contributed by atoms with Crippen molar-refractivity contribution in [3.8, 4) is 0 Å². The van der Waals surface area contributed by atoms with Gasteiger partial charge in [-0.3, -0.25) is 14.9 Å². The van der Waals surface area contributed by atoms with E-state index in [1.165, 1.54) is 0 Å². The van der Waals surface area contributed by atoms with Gasteiger partial charge < -0.3 is 10.1 Å². The van der Waals surface area contributed by atoms with Crippen molar-refractivity contribution in [2.24, 2.45) is 5.41 Å². The van der Waals surface area contributed by atoms with Crippen LogP contribution >= 0.6 is 23.2 Å². The third-order valence-electron chi connectivity index (χ3n) is 6.49. The number of ether oxygens (including phenoxy) is 1. The van der Waals surface area contributed by atoms with Crippen LogP contribution < -0.4 is 10.6 Å². The van der Waals surface area contributed by atoms with E-state index in [0.29, 0.717) is 22.2 Å². The number of rotatable bonds is 3. The minimum absolute atomic E-state index is 0.109. The number of nitrogens with one attached hydrogen (secondary N) is 2. The topological polar surface area (TPSA) is 67.4 Å². The van der Waals surface area contributed by atoms with Crippen LogP contribution in [0.3, 0.4) is 0 Å². The van der Waals surface area contributed by atoms with Crippen molar-refractivity contribution in [3.05, 3.63) is 63.6 Å². The molecule has 2 aromatic carbocycles. The van der Waals surface area contributed by atoms with Gasteiger partial charge in [-0.25, -0.2) is 0 Å². The minimum atomic E-state index is -1.04. The van der Waals surface area contributed by atoms with Crippen LogP contribution in [0.25, 0.3) is 0 Å². The van der Waals surface area contributed by atoms with Gasteiger partial charge in [-0.05, 0) is 68.0 Å². The first kappa shape index (κ1) is 25.0. The van der Waals surface area contributed by atoms with Crippen LogP contribution in [-0.2, 0) is 19.7 Å². The first-order valence-electron chi connectivity index (χ1n) is 11.6. The van der Waals surface area contributed by atoms with Crippen LogP contribution in [0, 0.1) is 5.41 Å². The molecule has 2 aliphatic heterocycles. The molecule has 2 N–H and O–H groups in total. The Morgan fingerprint density at radius 1 is 1.03 bits per heavy atom. The van der Waals surface area contributed by atoms with E-state index >= 15 is 0 Å². The van der Waals surface area contributed by atoms with E-state index in [-0.39, 0.29) is 23.3 Å². The van der Waals surface area contributed by atoms with Crippen LogP contribution in [0.5, 0.6) is 0 Å². The lowest BCUT2D eigenvalue weighted by Gasteiger charge is -2.37. The zero-order valence-electron chi connectivity index (χ0n) is 20.5. The molecule has 0 aromatic heterocycles. The minimum Gasteiger partial charge on any atom is -0.459 e. The van der Waals surface area contributed by atoms with Crippen molar-refractivity contribution in [2.75, 3.05) is 5.32 Å². The number of anilines is 1. The van der Waals surface area contributed by atoms with E-state index in [2.05, 4.69) is 31.4 Å². The molecule has 1 spiro atoms. The number of hydrogen-bond donors (Lipinski definition) is 2. The molecule has 1 unspecified atom stereocenters. The Balaban J connectivity index is 1.98. The van der Waals surface area contributed by atoms with Gasteiger partial charge >= 0.3 is 5.97 Å². The van der Waals surface area contributed by atoms with Crippen molar-refractivity contribution in [1.82, 2.24) is 5.32 Å². The van der Waals surface area contributed by atoms with E-state index in [1.807, 2.05) is 45.0 Å². The van der Waals surface area contributed by atoms with E-state index in [0.717, 1.165) is 11.1 Å². The molecule has 0 saturated carbocycles. The molecule has 182 valence electrons. The van der Waals surface area contributed by atoms with Gasteiger partial charge in [0.1, 0.15) is 17.1 Å². The van der Waals surface area contributed by atoms with Crippen molar-refractivity contribution >= 4 is 40.8 Å². The van der Waals surface area contributed by atoms with Gasteiger partial charge in [-0.2, -0.15) is 0 Å². The highest BCUT2D eigenvalue weighted by Crippen LogP contribution is 2.57. The SMILES string of the molecule is CC(C)(C)C[C@@H]1N[C@@H](C(=O)OC(C)(C)C)[C@H](c2cccc(Cl)c2)C12C(=O)Nc1cc(Cl)ccc12. The first-order chi connectivity index (χ1) is 15.7. The lowest BCUT2D eigenvalue weighted by atomic mass is 9.62. The number of benzene rings is 2. The van der Waals surface area contributed by atoms with Crippen molar-refractivity contribution in [3.63, 3.8) is 0 Å². The lowest BCUT2D eigenvalue weighted by Crippen LogP contribution is -2.49. The molecular formula is C27H32Cl2N2O3. The molecule has 34 heavy (non-hydrogen) atoms. The van der Waals surface area contributed by atoms with Gasteiger partial charge in [-0.15, -0.1) is 0 Å². The fourth-order valence-corrected chi connectivity index (χ4v) is 5.84. The van der Waals surface area contributed by atoms with E-state index in [1.54, 1.807) is 18.2 Å². The fourth-order valence-electron chi connectivity index (χ4n) is 5.46. The average Bonchev–Trinajstić information content (AvgIpc) is 3.15. The highest BCUT2D eigenvalue weighted by molar-refractivity contribution is 6.31. The second kappa shape index (κ2) is 8.54. The van der Waals surface area contributed by atoms with Crippen molar-refractivity contribution in [1.29, 1.82) is 0 Å². The van der Waals surface area contributed by atoms with Gasteiger partial charge in [0.25, 0.3) is 0 Å². The summed E-state index contributed by atoms with van der Waals surface area (Å²) in [5, 5.41) is 7.69. The normalized spacial score (nSPS) is 26.5. The average molecular weight is 503 g/mol. The maximum absolute atomic E-state index is 14.0. The Labute approximate surface area is 211 Å². The summed E-state index contributed by atoms with van der Waals surface area (Å²) in [7, 11) is 0. The van der Waals surface area contributed by atoms with Gasteiger partial charge in [0.15, 0.2) is 0 Å². The zero-order chi connectivity index (χ0) is 25.1. The molecule has 0 radical (unpaired) electrons. The summed E-state index contributed by atoms with van der Waals surface area (Å²) in [6.07, 6.45) is 0.666. The number of halogens is 2. The predicted octanol–water partition coefficient (Wildman–Crippen LogP) is 6.09. The van der Waals surface area contributed by atoms with Crippen LogP contribution in [0.15, 0.2) is 42.5 Å². The van der Waals surface area contributed by atoms with Crippen LogP contribution in [0.1, 0.15) is 65.0 Å². The molecule has 1 saturated heterocycles. The molecule has 4 atom stereocenters. The maximum Gasteiger partial charge on any atom is 0.324 e. The Bertz CT molecular complexity index is 1140. The Morgan fingerprint density at radius 3 is 2.32 bits per heavy atom.